The van der Waals surface area contributed by atoms with Crippen LogP contribution >= 0.6 is 12.2 Å². The Balaban J connectivity index is 2.31. The second kappa shape index (κ2) is 8.33. The zero-order chi connectivity index (χ0) is 17.5. The fraction of sp³-hybridized carbons (Fsp3) is 0.400. The van der Waals surface area contributed by atoms with Gasteiger partial charge in [0, 0.05) is 5.41 Å². The van der Waals surface area contributed by atoms with Gasteiger partial charge in [0.05, 0.1) is 7.11 Å². The summed E-state index contributed by atoms with van der Waals surface area (Å²) in [5.74, 6) is 0.542. The number of ether oxygens (including phenoxy) is 2. The molecule has 3 N–H and O–H groups in total. The molecule has 0 heterocycles. The third-order valence-corrected chi connectivity index (χ3v) is 2.86. The number of rotatable bonds is 4. The molecule has 0 aliphatic heterocycles. The average Bonchev–Trinajstić information content (AvgIpc) is 2.50. The van der Waals surface area contributed by atoms with Crippen molar-refractivity contribution in [1.29, 1.82) is 0 Å². The molecule has 0 saturated heterocycles. The highest BCUT2D eigenvalue weighted by molar-refractivity contribution is 7.80. The number of hydrogen-bond donors (Lipinski definition) is 3. The average molecular weight is 339 g/mol. The maximum Gasteiger partial charge on any atom is 0.276 e. The quantitative estimate of drug-likeness (QED) is 0.563. The molecular weight excluding hydrogens is 318 g/mol. The lowest BCUT2D eigenvalue weighted by molar-refractivity contribution is -0.127. The molecule has 0 aliphatic rings. The van der Waals surface area contributed by atoms with Crippen molar-refractivity contribution in [3.05, 3.63) is 24.3 Å². The van der Waals surface area contributed by atoms with Crippen molar-refractivity contribution in [2.75, 3.05) is 13.7 Å². The molecule has 0 aromatic heterocycles. The molecule has 2 amide bonds. The van der Waals surface area contributed by atoms with Crippen LogP contribution in [0.1, 0.15) is 20.8 Å². The first-order chi connectivity index (χ1) is 10.7. The summed E-state index contributed by atoms with van der Waals surface area (Å²) in [7, 11) is 1.57. The number of carbonyl (C=O) groups is 2. The van der Waals surface area contributed by atoms with Crippen LogP contribution in [0, 0.1) is 5.41 Å². The molecule has 1 aromatic rings. The second-order valence-electron chi connectivity index (χ2n) is 5.67. The fourth-order valence-corrected chi connectivity index (χ4v) is 1.45. The number of benzene rings is 1. The van der Waals surface area contributed by atoms with Crippen LogP contribution in [0.5, 0.6) is 11.5 Å². The monoisotopic (exact) mass is 339 g/mol. The van der Waals surface area contributed by atoms with Crippen LogP contribution in [0.3, 0.4) is 0 Å². The van der Waals surface area contributed by atoms with E-state index in [0.29, 0.717) is 11.5 Å². The van der Waals surface area contributed by atoms with Gasteiger partial charge in [0.2, 0.25) is 5.91 Å². The van der Waals surface area contributed by atoms with Crippen LogP contribution in [0.25, 0.3) is 0 Å². The lowest BCUT2D eigenvalue weighted by Crippen LogP contribution is -2.51. The van der Waals surface area contributed by atoms with Gasteiger partial charge in [-0.1, -0.05) is 20.8 Å². The number of hydrazine groups is 1. The SMILES string of the molecule is COc1ccc(OCC(=O)NNC(=S)NC(=O)C(C)(C)C)cc1. The smallest absolute Gasteiger partial charge is 0.276 e. The van der Waals surface area contributed by atoms with Gasteiger partial charge in [-0.2, -0.15) is 0 Å². The van der Waals surface area contributed by atoms with E-state index in [1.807, 2.05) is 0 Å². The summed E-state index contributed by atoms with van der Waals surface area (Å²) in [5.41, 5.74) is 4.20. The molecule has 7 nitrogen and oxygen atoms in total. The van der Waals surface area contributed by atoms with E-state index >= 15 is 0 Å². The van der Waals surface area contributed by atoms with Crippen molar-refractivity contribution in [3.63, 3.8) is 0 Å². The Kier molecular flexibility index (Phi) is 6.77. The van der Waals surface area contributed by atoms with E-state index in [-0.39, 0.29) is 17.6 Å². The predicted octanol–water partition coefficient (Wildman–Crippen LogP) is 1.14. The van der Waals surface area contributed by atoms with Crippen molar-refractivity contribution in [3.8, 4) is 11.5 Å². The highest BCUT2D eigenvalue weighted by Gasteiger charge is 2.21. The molecule has 0 unspecified atom stereocenters. The van der Waals surface area contributed by atoms with Gasteiger partial charge in [0.25, 0.3) is 5.91 Å². The predicted molar refractivity (Wildman–Crippen MR) is 90.0 cm³/mol. The first-order valence-corrected chi connectivity index (χ1v) is 7.30. The first-order valence-electron chi connectivity index (χ1n) is 6.89. The topological polar surface area (TPSA) is 88.7 Å². The standard InChI is InChI=1S/C15H21N3O4S/c1-15(2,3)13(20)16-14(23)18-17-12(19)9-22-11-7-5-10(21-4)6-8-11/h5-8H,9H2,1-4H3,(H,17,19)(H2,16,18,20,23). The summed E-state index contributed by atoms with van der Waals surface area (Å²) >= 11 is 4.91. The summed E-state index contributed by atoms with van der Waals surface area (Å²) in [4.78, 5) is 23.3. The molecule has 0 fully saturated rings. The maximum absolute atomic E-state index is 11.7. The van der Waals surface area contributed by atoms with E-state index in [2.05, 4.69) is 16.2 Å². The van der Waals surface area contributed by atoms with Gasteiger partial charge in [-0.05, 0) is 36.5 Å². The van der Waals surface area contributed by atoms with Crippen molar-refractivity contribution >= 4 is 29.1 Å². The van der Waals surface area contributed by atoms with Crippen LogP contribution in [-0.4, -0.2) is 30.6 Å². The molecule has 23 heavy (non-hydrogen) atoms. The first kappa shape index (κ1) is 18.7. The molecule has 1 aromatic carbocycles. The molecular formula is C15H21N3O4S. The Labute approximate surface area is 140 Å². The van der Waals surface area contributed by atoms with Gasteiger partial charge in [-0.15, -0.1) is 0 Å². The molecule has 1 rings (SSSR count). The van der Waals surface area contributed by atoms with E-state index in [0.717, 1.165) is 0 Å². The summed E-state index contributed by atoms with van der Waals surface area (Å²) < 4.78 is 10.3. The number of nitrogens with one attached hydrogen (secondary N) is 3. The Morgan fingerprint density at radius 3 is 2.17 bits per heavy atom. The number of carbonyl (C=O) groups excluding carboxylic acids is 2. The molecule has 0 bridgehead atoms. The minimum Gasteiger partial charge on any atom is -0.497 e. The summed E-state index contributed by atoms with van der Waals surface area (Å²) in [6.07, 6.45) is 0. The van der Waals surface area contributed by atoms with Gasteiger partial charge in [0.1, 0.15) is 11.5 Å². The number of methoxy groups -OCH3 is 1. The fourth-order valence-electron chi connectivity index (χ4n) is 1.31. The number of hydrogen-bond acceptors (Lipinski definition) is 5. The highest BCUT2D eigenvalue weighted by atomic mass is 32.1. The van der Waals surface area contributed by atoms with Crippen LogP contribution in [-0.2, 0) is 9.59 Å². The second-order valence-corrected chi connectivity index (χ2v) is 6.08. The zero-order valence-corrected chi connectivity index (χ0v) is 14.4. The third kappa shape index (κ3) is 6.96. The lowest BCUT2D eigenvalue weighted by Gasteiger charge is -2.18. The lowest BCUT2D eigenvalue weighted by atomic mass is 9.96. The van der Waals surface area contributed by atoms with Crippen molar-refractivity contribution < 1.29 is 19.1 Å². The van der Waals surface area contributed by atoms with Gasteiger partial charge in [-0.3, -0.25) is 20.4 Å². The largest absolute Gasteiger partial charge is 0.497 e. The van der Waals surface area contributed by atoms with Gasteiger partial charge in [-0.25, -0.2) is 0 Å². The minimum absolute atomic E-state index is 0.0164. The van der Waals surface area contributed by atoms with Gasteiger partial charge >= 0.3 is 0 Å². The summed E-state index contributed by atoms with van der Waals surface area (Å²) in [5, 5.41) is 2.49. The van der Waals surface area contributed by atoms with Crippen molar-refractivity contribution in [2.24, 2.45) is 5.41 Å². The Morgan fingerprint density at radius 2 is 1.65 bits per heavy atom. The Morgan fingerprint density at radius 1 is 1.09 bits per heavy atom. The van der Waals surface area contributed by atoms with Gasteiger partial charge in [0.15, 0.2) is 11.7 Å². The number of amides is 2. The van der Waals surface area contributed by atoms with E-state index in [1.165, 1.54) is 0 Å². The summed E-state index contributed by atoms with van der Waals surface area (Å²) in [6, 6.07) is 6.83. The maximum atomic E-state index is 11.7. The zero-order valence-electron chi connectivity index (χ0n) is 13.6. The van der Waals surface area contributed by atoms with Crippen molar-refractivity contribution in [2.45, 2.75) is 20.8 Å². The van der Waals surface area contributed by atoms with E-state index in [4.69, 9.17) is 21.7 Å². The molecule has 0 radical (unpaired) electrons. The molecule has 0 spiro atoms. The van der Waals surface area contributed by atoms with E-state index in [1.54, 1.807) is 52.1 Å². The third-order valence-electron chi connectivity index (χ3n) is 2.65. The van der Waals surface area contributed by atoms with Gasteiger partial charge < -0.3 is 14.8 Å². The van der Waals surface area contributed by atoms with Crippen LogP contribution in [0.2, 0.25) is 0 Å². The van der Waals surface area contributed by atoms with Crippen molar-refractivity contribution in [1.82, 2.24) is 16.2 Å². The normalized spacial score (nSPS) is 10.4. The highest BCUT2D eigenvalue weighted by Crippen LogP contribution is 2.16. The molecule has 126 valence electrons. The molecule has 0 aliphatic carbocycles. The Hall–Kier alpha value is -2.35. The Bertz CT molecular complexity index is 567. The van der Waals surface area contributed by atoms with E-state index in [9.17, 15) is 9.59 Å². The van der Waals surface area contributed by atoms with Crippen LogP contribution in [0.15, 0.2) is 24.3 Å². The van der Waals surface area contributed by atoms with Crippen LogP contribution < -0.4 is 25.6 Å². The minimum atomic E-state index is -0.576. The number of thiocarbonyl (C=S) groups is 1. The molecule has 0 saturated carbocycles. The molecule has 0 atom stereocenters. The van der Waals surface area contributed by atoms with E-state index < -0.39 is 11.3 Å². The van der Waals surface area contributed by atoms with Crippen LogP contribution in [0.4, 0.5) is 0 Å². The molecule has 8 heteroatoms. The summed E-state index contributed by atoms with van der Waals surface area (Å²) in [6.45, 7) is 5.07.